The Balaban J connectivity index is 3.07. The number of allylic oxidation sites excluding steroid dienone is 1. The highest BCUT2D eigenvalue weighted by Crippen LogP contribution is 2.22. The number of carboxylic acids is 1. The maximum atomic E-state index is 13.2. The lowest BCUT2D eigenvalue weighted by atomic mass is 10.1. The Morgan fingerprint density at radius 2 is 2.20 bits per heavy atom. The lowest BCUT2D eigenvalue weighted by Crippen LogP contribution is -1.92. The fourth-order valence-corrected chi connectivity index (χ4v) is 1.18. The SMILES string of the molecule is COc1ccc(/C(C)=C/C(=O)O)cc1F. The maximum Gasteiger partial charge on any atom is 0.328 e. The summed E-state index contributed by atoms with van der Waals surface area (Å²) >= 11 is 0. The summed E-state index contributed by atoms with van der Waals surface area (Å²) in [5.41, 5.74) is 1.01. The van der Waals surface area contributed by atoms with Crippen LogP contribution in [0.15, 0.2) is 24.3 Å². The molecule has 15 heavy (non-hydrogen) atoms. The van der Waals surface area contributed by atoms with Gasteiger partial charge >= 0.3 is 5.97 Å². The minimum atomic E-state index is -1.05. The number of carbonyl (C=O) groups is 1. The van der Waals surface area contributed by atoms with Gasteiger partial charge in [-0.3, -0.25) is 0 Å². The minimum absolute atomic E-state index is 0.141. The van der Waals surface area contributed by atoms with Crippen LogP contribution >= 0.6 is 0 Å². The molecule has 0 amide bonds. The van der Waals surface area contributed by atoms with E-state index < -0.39 is 11.8 Å². The second-order valence-corrected chi connectivity index (χ2v) is 3.01. The Morgan fingerprint density at radius 1 is 1.53 bits per heavy atom. The molecule has 1 aromatic rings. The van der Waals surface area contributed by atoms with Crippen LogP contribution in [0.1, 0.15) is 12.5 Å². The molecule has 0 aliphatic heterocycles. The average Bonchev–Trinajstić information content (AvgIpc) is 2.16. The summed E-state index contributed by atoms with van der Waals surface area (Å²) in [6.45, 7) is 1.61. The fourth-order valence-electron chi connectivity index (χ4n) is 1.18. The van der Waals surface area contributed by atoms with E-state index in [2.05, 4.69) is 0 Å². The summed E-state index contributed by atoms with van der Waals surface area (Å²) in [6, 6.07) is 4.31. The van der Waals surface area contributed by atoms with Gasteiger partial charge in [-0.1, -0.05) is 6.07 Å². The molecule has 0 bridgehead atoms. The van der Waals surface area contributed by atoms with E-state index in [-0.39, 0.29) is 5.75 Å². The number of carboxylic acid groups (broad SMARTS) is 1. The first kappa shape index (κ1) is 11.2. The van der Waals surface area contributed by atoms with Crippen LogP contribution in [-0.4, -0.2) is 18.2 Å². The summed E-state index contributed by atoms with van der Waals surface area (Å²) < 4.78 is 18.0. The van der Waals surface area contributed by atoms with Gasteiger partial charge in [0, 0.05) is 6.08 Å². The van der Waals surface area contributed by atoms with Crippen LogP contribution in [0.3, 0.4) is 0 Å². The summed E-state index contributed by atoms with van der Waals surface area (Å²) in [5.74, 6) is -1.42. The van der Waals surface area contributed by atoms with Gasteiger partial charge in [-0.05, 0) is 30.2 Å². The van der Waals surface area contributed by atoms with E-state index in [4.69, 9.17) is 9.84 Å². The van der Waals surface area contributed by atoms with Crippen molar-refractivity contribution in [3.8, 4) is 5.75 Å². The van der Waals surface area contributed by atoms with Crippen molar-refractivity contribution in [1.29, 1.82) is 0 Å². The highest BCUT2D eigenvalue weighted by Gasteiger charge is 2.05. The van der Waals surface area contributed by atoms with Crippen LogP contribution in [0.2, 0.25) is 0 Å². The molecule has 4 heteroatoms. The first-order valence-electron chi connectivity index (χ1n) is 4.29. The monoisotopic (exact) mass is 210 g/mol. The smallest absolute Gasteiger partial charge is 0.328 e. The molecule has 0 spiro atoms. The summed E-state index contributed by atoms with van der Waals surface area (Å²) in [7, 11) is 1.37. The standard InChI is InChI=1S/C11H11FO3/c1-7(5-11(13)14)8-3-4-10(15-2)9(12)6-8/h3-6H,1-2H3,(H,13,14)/b7-5+. The van der Waals surface area contributed by atoms with Gasteiger partial charge < -0.3 is 9.84 Å². The molecular weight excluding hydrogens is 199 g/mol. The van der Waals surface area contributed by atoms with Crippen LogP contribution in [0, 0.1) is 5.82 Å². The number of hydrogen-bond acceptors (Lipinski definition) is 2. The molecule has 0 atom stereocenters. The topological polar surface area (TPSA) is 46.5 Å². The molecule has 0 aliphatic rings. The molecular formula is C11H11FO3. The van der Waals surface area contributed by atoms with Crippen molar-refractivity contribution in [2.24, 2.45) is 0 Å². The van der Waals surface area contributed by atoms with E-state index in [1.54, 1.807) is 13.0 Å². The van der Waals surface area contributed by atoms with Crippen molar-refractivity contribution in [1.82, 2.24) is 0 Å². The van der Waals surface area contributed by atoms with Gasteiger partial charge in [0.2, 0.25) is 0 Å². The molecule has 0 aromatic heterocycles. The van der Waals surface area contributed by atoms with E-state index in [0.717, 1.165) is 6.08 Å². The van der Waals surface area contributed by atoms with E-state index in [0.29, 0.717) is 11.1 Å². The molecule has 0 unspecified atom stereocenters. The van der Waals surface area contributed by atoms with Crippen molar-refractivity contribution >= 4 is 11.5 Å². The third kappa shape index (κ3) is 2.80. The van der Waals surface area contributed by atoms with Crippen molar-refractivity contribution < 1.29 is 19.0 Å². The zero-order valence-corrected chi connectivity index (χ0v) is 8.45. The Kier molecular flexibility index (Phi) is 3.44. The molecule has 0 saturated heterocycles. The van der Waals surface area contributed by atoms with Crippen molar-refractivity contribution in [3.05, 3.63) is 35.7 Å². The first-order valence-corrected chi connectivity index (χ1v) is 4.29. The summed E-state index contributed by atoms with van der Waals surface area (Å²) in [4.78, 5) is 10.4. The number of hydrogen-bond donors (Lipinski definition) is 1. The molecule has 0 fully saturated rings. The Labute approximate surface area is 86.8 Å². The third-order valence-electron chi connectivity index (χ3n) is 1.95. The quantitative estimate of drug-likeness (QED) is 0.779. The number of halogens is 1. The van der Waals surface area contributed by atoms with Gasteiger partial charge in [-0.15, -0.1) is 0 Å². The number of methoxy groups -OCH3 is 1. The van der Waals surface area contributed by atoms with Crippen LogP contribution < -0.4 is 4.74 Å². The molecule has 1 aromatic carbocycles. The van der Waals surface area contributed by atoms with Gasteiger partial charge in [-0.25, -0.2) is 9.18 Å². The van der Waals surface area contributed by atoms with Crippen LogP contribution in [0.25, 0.3) is 5.57 Å². The summed E-state index contributed by atoms with van der Waals surface area (Å²) in [5, 5.41) is 8.52. The molecule has 0 saturated carbocycles. The molecule has 0 radical (unpaired) electrons. The predicted octanol–water partition coefficient (Wildman–Crippen LogP) is 2.32. The van der Waals surface area contributed by atoms with E-state index in [1.165, 1.54) is 19.2 Å². The van der Waals surface area contributed by atoms with E-state index in [9.17, 15) is 9.18 Å². The molecule has 0 aliphatic carbocycles. The first-order chi connectivity index (χ1) is 7.04. The third-order valence-corrected chi connectivity index (χ3v) is 1.95. The Morgan fingerprint density at radius 3 is 2.67 bits per heavy atom. The van der Waals surface area contributed by atoms with Gasteiger partial charge in [0.1, 0.15) is 0 Å². The van der Waals surface area contributed by atoms with Crippen LogP contribution in [-0.2, 0) is 4.79 Å². The Bertz CT molecular complexity index is 410. The van der Waals surface area contributed by atoms with E-state index in [1.807, 2.05) is 0 Å². The number of aliphatic carboxylic acids is 1. The summed E-state index contributed by atoms with van der Waals surface area (Å²) in [6.07, 6.45) is 1.03. The van der Waals surface area contributed by atoms with Gasteiger partial charge in [-0.2, -0.15) is 0 Å². The fraction of sp³-hybridized carbons (Fsp3) is 0.182. The second-order valence-electron chi connectivity index (χ2n) is 3.01. The zero-order valence-electron chi connectivity index (χ0n) is 8.45. The average molecular weight is 210 g/mol. The minimum Gasteiger partial charge on any atom is -0.494 e. The van der Waals surface area contributed by atoms with Crippen molar-refractivity contribution in [2.75, 3.05) is 7.11 Å². The van der Waals surface area contributed by atoms with Crippen molar-refractivity contribution in [3.63, 3.8) is 0 Å². The van der Waals surface area contributed by atoms with E-state index >= 15 is 0 Å². The van der Waals surface area contributed by atoms with Crippen LogP contribution in [0.4, 0.5) is 4.39 Å². The maximum absolute atomic E-state index is 13.2. The predicted molar refractivity (Wildman–Crippen MR) is 54.2 cm³/mol. The van der Waals surface area contributed by atoms with Crippen LogP contribution in [0.5, 0.6) is 5.75 Å². The lowest BCUT2D eigenvalue weighted by molar-refractivity contribution is -0.131. The number of ether oxygens (including phenoxy) is 1. The molecule has 80 valence electrons. The number of benzene rings is 1. The lowest BCUT2D eigenvalue weighted by Gasteiger charge is -2.04. The molecule has 1 rings (SSSR count). The van der Waals surface area contributed by atoms with Gasteiger partial charge in [0.05, 0.1) is 7.11 Å². The Hall–Kier alpha value is -1.84. The van der Waals surface area contributed by atoms with Gasteiger partial charge in [0.15, 0.2) is 11.6 Å². The zero-order chi connectivity index (χ0) is 11.4. The largest absolute Gasteiger partial charge is 0.494 e. The molecule has 0 heterocycles. The highest BCUT2D eigenvalue weighted by atomic mass is 19.1. The highest BCUT2D eigenvalue weighted by molar-refractivity contribution is 5.89. The van der Waals surface area contributed by atoms with Crippen molar-refractivity contribution in [2.45, 2.75) is 6.92 Å². The molecule has 1 N–H and O–H groups in total. The normalized spacial score (nSPS) is 11.3. The number of rotatable bonds is 3. The van der Waals surface area contributed by atoms with Gasteiger partial charge in [0.25, 0.3) is 0 Å². The molecule has 3 nitrogen and oxygen atoms in total. The second kappa shape index (κ2) is 4.59.